The molecule has 0 fully saturated rings. The Kier molecular flexibility index (Phi) is 3.97. The van der Waals surface area contributed by atoms with Crippen molar-refractivity contribution in [3.05, 3.63) is 70.4 Å². The summed E-state index contributed by atoms with van der Waals surface area (Å²) >= 11 is 6.01. The van der Waals surface area contributed by atoms with Crippen LogP contribution in [0.5, 0.6) is 0 Å². The fourth-order valence-corrected chi connectivity index (χ4v) is 2.70. The number of furan rings is 1. The second kappa shape index (κ2) is 5.90. The topological polar surface area (TPSA) is 51.2 Å². The Balaban J connectivity index is 1.90. The van der Waals surface area contributed by atoms with Gasteiger partial charge in [-0.15, -0.1) is 0 Å². The van der Waals surface area contributed by atoms with Crippen LogP contribution in [0.2, 0.25) is 5.02 Å². The molecule has 0 spiro atoms. The highest BCUT2D eigenvalue weighted by atomic mass is 35.5. The predicted molar refractivity (Wildman–Crippen MR) is 86.2 cm³/mol. The van der Waals surface area contributed by atoms with E-state index in [-0.39, 0.29) is 6.04 Å². The first-order chi connectivity index (χ1) is 10.2. The van der Waals surface area contributed by atoms with Crippen LogP contribution >= 0.6 is 11.6 Å². The summed E-state index contributed by atoms with van der Waals surface area (Å²) in [7, 11) is 0. The molecule has 2 aromatic carbocycles. The van der Waals surface area contributed by atoms with Crippen molar-refractivity contribution in [2.75, 3.05) is 0 Å². The molecule has 3 rings (SSSR count). The molecule has 1 aromatic heterocycles. The van der Waals surface area contributed by atoms with Gasteiger partial charge in [-0.3, -0.25) is 5.84 Å². The fourth-order valence-electron chi connectivity index (χ4n) is 2.52. The highest BCUT2D eigenvalue weighted by Gasteiger charge is 2.16. The highest BCUT2D eigenvalue weighted by Crippen LogP contribution is 2.28. The summed E-state index contributed by atoms with van der Waals surface area (Å²) in [6, 6.07) is 15.9. The molecule has 0 bridgehead atoms. The molecule has 108 valence electrons. The van der Waals surface area contributed by atoms with E-state index in [1.165, 1.54) is 11.1 Å². The number of halogens is 1. The Morgan fingerprint density at radius 1 is 1.19 bits per heavy atom. The van der Waals surface area contributed by atoms with E-state index in [0.717, 1.165) is 23.2 Å². The normalized spacial score (nSPS) is 12.7. The summed E-state index contributed by atoms with van der Waals surface area (Å²) < 4.78 is 5.88. The zero-order chi connectivity index (χ0) is 14.8. The number of nitrogens with one attached hydrogen (secondary N) is 1. The van der Waals surface area contributed by atoms with Crippen LogP contribution in [0.15, 0.2) is 52.9 Å². The number of nitrogens with two attached hydrogens (primary N) is 1. The number of hydrogen-bond acceptors (Lipinski definition) is 3. The Morgan fingerprint density at radius 3 is 2.81 bits per heavy atom. The van der Waals surface area contributed by atoms with Gasteiger partial charge in [0.25, 0.3) is 0 Å². The molecule has 1 unspecified atom stereocenters. The van der Waals surface area contributed by atoms with E-state index in [1.807, 2.05) is 24.3 Å². The molecule has 0 amide bonds. The molecule has 3 aromatic rings. The molecule has 0 aliphatic heterocycles. The standard InChI is InChI=1S/C17H17ClN2O/c1-11-3-2-4-12(7-11)8-15(20-19)17-10-13-9-14(18)5-6-16(13)21-17/h2-7,9-10,15,20H,8,19H2,1H3. The molecule has 3 nitrogen and oxygen atoms in total. The minimum absolute atomic E-state index is 0.0713. The van der Waals surface area contributed by atoms with Crippen LogP contribution in [0, 0.1) is 6.92 Å². The summed E-state index contributed by atoms with van der Waals surface area (Å²) in [6.07, 6.45) is 0.770. The van der Waals surface area contributed by atoms with E-state index < -0.39 is 0 Å². The molecule has 1 heterocycles. The van der Waals surface area contributed by atoms with Crippen molar-refractivity contribution < 1.29 is 4.42 Å². The summed E-state index contributed by atoms with van der Waals surface area (Å²) in [5, 5.41) is 1.69. The summed E-state index contributed by atoms with van der Waals surface area (Å²) in [6.45, 7) is 2.08. The number of aryl methyl sites for hydroxylation is 1. The SMILES string of the molecule is Cc1cccc(CC(NN)c2cc3cc(Cl)ccc3o2)c1. The lowest BCUT2D eigenvalue weighted by Crippen LogP contribution is -2.29. The molecule has 3 N–H and O–H groups in total. The fraction of sp³-hybridized carbons (Fsp3) is 0.176. The molecule has 0 radical (unpaired) electrons. The third kappa shape index (κ3) is 3.10. The average Bonchev–Trinajstić information content (AvgIpc) is 2.87. The van der Waals surface area contributed by atoms with Crippen LogP contribution in [0.1, 0.15) is 22.9 Å². The number of benzene rings is 2. The third-order valence-corrected chi connectivity index (χ3v) is 3.80. The van der Waals surface area contributed by atoms with Crippen LogP contribution in [-0.4, -0.2) is 0 Å². The van der Waals surface area contributed by atoms with Gasteiger partial charge in [0.15, 0.2) is 0 Å². The maximum atomic E-state index is 6.01. The summed E-state index contributed by atoms with van der Waals surface area (Å²) in [5.74, 6) is 6.52. The van der Waals surface area contributed by atoms with E-state index >= 15 is 0 Å². The monoisotopic (exact) mass is 300 g/mol. The molecule has 0 aliphatic rings. The Morgan fingerprint density at radius 2 is 2.05 bits per heavy atom. The van der Waals surface area contributed by atoms with E-state index in [0.29, 0.717) is 5.02 Å². The molecule has 0 aliphatic carbocycles. The smallest absolute Gasteiger partial charge is 0.134 e. The molecule has 4 heteroatoms. The van der Waals surface area contributed by atoms with Gasteiger partial charge >= 0.3 is 0 Å². The van der Waals surface area contributed by atoms with E-state index in [2.05, 4.69) is 36.6 Å². The second-order valence-electron chi connectivity index (χ2n) is 5.24. The van der Waals surface area contributed by atoms with Gasteiger partial charge in [-0.1, -0.05) is 41.4 Å². The molecule has 0 saturated carbocycles. The molecule has 0 saturated heterocycles. The summed E-state index contributed by atoms with van der Waals surface area (Å²) in [5.41, 5.74) is 6.11. The van der Waals surface area contributed by atoms with Crippen molar-refractivity contribution in [1.29, 1.82) is 0 Å². The zero-order valence-corrected chi connectivity index (χ0v) is 12.5. The quantitative estimate of drug-likeness (QED) is 0.562. The van der Waals surface area contributed by atoms with Gasteiger partial charge in [0.1, 0.15) is 11.3 Å². The Labute approximate surface area is 128 Å². The van der Waals surface area contributed by atoms with Crippen molar-refractivity contribution in [3.8, 4) is 0 Å². The van der Waals surface area contributed by atoms with Gasteiger partial charge in [-0.25, -0.2) is 5.43 Å². The van der Waals surface area contributed by atoms with Gasteiger partial charge in [0, 0.05) is 10.4 Å². The van der Waals surface area contributed by atoms with Crippen molar-refractivity contribution in [1.82, 2.24) is 5.43 Å². The van der Waals surface area contributed by atoms with Crippen LogP contribution in [0.3, 0.4) is 0 Å². The predicted octanol–water partition coefficient (Wildman–Crippen LogP) is 4.14. The first-order valence-corrected chi connectivity index (χ1v) is 7.24. The second-order valence-corrected chi connectivity index (χ2v) is 5.68. The van der Waals surface area contributed by atoms with Gasteiger partial charge in [-0.05, 0) is 43.2 Å². The number of rotatable bonds is 4. The Hall–Kier alpha value is -1.81. The molecule has 21 heavy (non-hydrogen) atoms. The maximum Gasteiger partial charge on any atom is 0.134 e. The lowest BCUT2D eigenvalue weighted by molar-refractivity contribution is 0.434. The molecular weight excluding hydrogens is 284 g/mol. The van der Waals surface area contributed by atoms with E-state index in [1.54, 1.807) is 0 Å². The van der Waals surface area contributed by atoms with Gasteiger partial charge in [0.05, 0.1) is 6.04 Å². The van der Waals surface area contributed by atoms with Crippen LogP contribution < -0.4 is 11.3 Å². The van der Waals surface area contributed by atoms with Crippen molar-refractivity contribution >= 4 is 22.6 Å². The average molecular weight is 301 g/mol. The number of hydrogen-bond donors (Lipinski definition) is 2. The third-order valence-electron chi connectivity index (χ3n) is 3.56. The van der Waals surface area contributed by atoms with Crippen LogP contribution in [0.4, 0.5) is 0 Å². The van der Waals surface area contributed by atoms with E-state index in [9.17, 15) is 0 Å². The number of hydrazine groups is 1. The number of fused-ring (bicyclic) bond motifs is 1. The van der Waals surface area contributed by atoms with Crippen molar-refractivity contribution in [2.45, 2.75) is 19.4 Å². The molecule has 1 atom stereocenters. The lowest BCUT2D eigenvalue weighted by atomic mass is 10.0. The Bertz CT molecular complexity index is 766. The minimum Gasteiger partial charge on any atom is -0.459 e. The van der Waals surface area contributed by atoms with Crippen LogP contribution in [-0.2, 0) is 6.42 Å². The van der Waals surface area contributed by atoms with Crippen LogP contribution in [0.25, 0.3) is 11.0 Å². The van der Waals surface area contributed by atoms with E-state index in [4.69, 9.17) is 21.9 Å². The minimum atomic E-state index is -0.0713. The van der Waals surface area contributed by atoms with Gasteiger partial charge in [-0.2, -0.15) is 0 Å². The zero-order valence-electron chi connectivity index (χ0n) is 11.8. The molecular formula is C17H17ClN2O. The van der Waals surface area contributed by atoms with Gasteiger partial charge < -0.3 is 4.42 Å². The lowest BCUT2D eigenvalue weighted by Gasteiger charge is -2.13. The van der Waals surface area contributed by atoms with Crippen molar-refractivity contribution in [2.24, 2.45) is 5.84 Å². The maximum absolute atomic E-state index is 6.01. The van der Waals surface area contributed by atoms with Gasteiger partial charge in [0.2, 0.25) is 0 Å². The first kappa shape index (κ1) is 14.1. The van der Waals surface area contributed by atoms with Crippen molar-refractivity contribution in [3.63, 3.8) is 0 Å². The largest absolute Gasteiger partial charge is 0.459 e. The summed E-state index contributed by atoms with van der Waals surface area (Å²) in [4.78, 5) is 0. The highest BCUT2D eigenvalue weighted by molar-refractivity contribution is 6.31. The first-order valence-electron chi connectivity index (χ1n) is 6.86.